The first-order chi connectivity index (χ1) is 17.7. The van der Waals surface area contributed by atoms with Crippen molar-refractivity contribution in [1.29, 1.82) is 5.41 Å². The van der Waals surface area contributed by atoms with E-state index in [1.165, 1.54) is 20.3 Å². The summed E-state index contributed by atoms with van der Waals surface area (Å²) in [6, 6.07) is 13.0. The van der Waals surface area contributed by atoms with Crippen LogP contribution in [0.5, 0.6) is 23.0 Å². The van der Waals surface area contributed by atoms with Crippen LogP contribution in [0.1, 0.15) is 29.7 Å². The maximum Gasteiger partial charge on any atom is 0.271 e. The maximum absolute atomic E-state index is 15.1. The molecule has 0 spiro atoms. The zero-order valence-electron chi connectivity index (χ0n) is 20.4. The van der Waals surface area contributed by atoms with Crippen LogP contribution in [0.3, 0.4) is 0 Å². The lowest BCUT2D eigenvalue weighted by Gasteiger charge is -2.23. The topological polar surface area (TPSA) is 107 Å². The summed E-state index contributed by atoms with van der Waals surface area (Å²) in [5.74, 6) is -2.10. The number of rotatable bonds is 11. The number of benzene rings is 3. The largest absolute Gasteiger partial charge is 0.493 e. The van der Waals surface area contributed by atoms with Crippen LogP contribution >= 0.6 is 11.8 Å². The van der Waals surface area contributed by atoms with Gasteiger partial charge in [0.1, 0.15) is 29.0 Å². The molecule has 0 aliphatic heterocycles. The van der Waals surface area contributed by atoms with Crippen LogP contribution in [0.15, 0.2) is 54.6 Å². The summed E-state index contributed by atoms with van der Waals surface area (Å²) in [6.07, 6.45) is -1.63. The van der Waals surface area contributed by atoms with E-state index in [1.807, 2.05) is 0 Å². The van der Waals surface area contributed by atoms with Gasteiger partial charge in [0.2, 0.25) is 0 Å². The smallest absolute Gasteiger partial charge is 0.271 e. The average molecular weight is 534 g/mol. The van der Waals surface area contributed by atoms with Gasteiger partial charge in [-0.2, -0.15) is 0 Å². The number of hydrogen-bond acceptors (Lipinski definition) is 6. The number of halogens is 3. The number of ether oxygens (including phenoxy) is 4. The molecule has 0 saturated heterocycles. The van der Waals surface area contributed by atoms with E-state index in [2.05, 4.69) is 0 Å². The molecule has 1 unspecified atom stereocenters. The Hall–Kier alpha value is -3.89. The van der Waals surface area contributed by atoms with Gasteiger partial charge in [0.15, 0.2) is 17.6 Å². The molecule has 3 N–H and O–H groups in total. The van der Waals surface area contributed by atoms with Crippen LogP contribution < -0.4 is 19.9 Å². The lowest BCUT2D eigenvalue weighted by Crippen LogP contribution is -2.30. The number of nitrogens with two attached hydrogens (primary N) is 1. The zero-order chi connectivity index (χ0) is 27.1. The van der Waals surface area contributed by atoms with Crippen LogP contribution in [-0.2, 0) is 16.1 Å². The van der Waals surface area contributed by atoms with Gasteiger partial charge in [-0.05, 0) is 24.6 Å². The fourth-order valence-corrected chi connectivity index (χ4v) is 3.71. The molecule has 1 atom stereocenters. The van der Waals surface area contributed by atoms with Crippen molar-refractivity contribution in [3.63, 3.8) is 0 Å². The lowest BCUT2D eigenvalue weighted by molar-refractivity contribution is -0.139. The molecular weight excluding hydrogens is 508 g/mol. The van der Waals surface area contributed by atoms with Crippen molar-refractivity contribution < 1.29 is 32.5 Å². The van der Waals surface area contributed by atoms with E-state index in [4.69, 9.17) is 41.9 Å². The lowest BCUT2D eigenvalue weighted by atomic mass is 10.1. The highest BCUT2D eigenvalue weighted by Gasteiger charge is 2.32. The number of hydrogen-bond donors (Lipinski definition) is 2. The number of nitrogens with one attached hydrogen (secondary N) is 1. The molecule has 11 heteroatoms. The second kappa shape index (κ2) is 12.4. The average Bonchev–Trinajstić information content (AvgIpc) is 2.87. The second-order valence-corrected chi connectivity index (χ2v) is 8.13. The molecule has 196 valence electrons. The van der Waals surface area contributed by atoms with Crippen molar-refractivity contribution in [2.45, 2.75) is 19.6 Å². The van der Waals surface area contributed by atoms with Crippen LogP contribution in [0.2, 0.25) is 0 Å². The van der Waals surface area contributed by atoms with E-state index in [0.29, 0.717) is 22.6 Å². The summed E-state index contributed by atoms with van der Waals surface area (Å²) in [5, 5.41) is 7.45. The van der Waals surface area contributed by atoms with Gasteiger partial charge >= 0.3 is 0 Å². The molecule has 0 aromatic heterocycles. The molecule has 0 fully saturated rings. The highest BCUT2D eigenvalue weighted by atomic mass is 35.5. The minimum Gasteiger partial charge on any atom is -0.493 e. The van der Waals surface area contributed by atoms with E-state index < -0.39 is 29.2 Å². The van der Waals surface area contributed by atoms with Gasteiger partial charge < -0.3 is 24.7 Å². The number of amidine groups is 1. The van der Waals surface area contributed by atoms with Gasteiger partial charge in [-0.3, -0.25) is 10.2 Å². The van der Waals surface area contributed by atoms with Crippen molar-refractivity contribution in [3.8, 4) is 23.0 Å². The van der Waals surface area contributed by atoms with Crippen LogP contribution in [0.25, 0.3) is 0 Å². The van der Waals surface area contributed by atoms with Crippen molar-refractivity contribution in [1.82, 2.24) is 4.42 Å². The summed E-state index contributed by atoms with van der Waals surface area (Å²) in [5.41, 5.74) is 5.97. The molecule has 0 bridgehead atoms. The molecule has 3 aromatic rings. The molecule has 3 rings (SSSR count). The molecule has 0 aliphatic carbocycles. The van der Waals surface area contributed by atoms with E-state index in [9.17, 15) is 4.79 Å². The standard InChI is InChI=1S/C26H26ClF2N3O5/c1-4-36-24(26(33)32(27)14-15-5-7-16(8-6-15)25(30)31)23-19(28)11-18(12-20(23)29)37-17-9-10-21(34-2)22(13-17)35-3/h5-13,24H,4,14H2,1-3H3,(H3,30,31). The molecule has 8 nitrogen and oxygen atoms in total. The second-order valence-electron chi connectivity index (χ2n) is 7.72. The number of methoxy groups -OCH3 is 2. The number of nitrogen functional groups attached to an aromatic ring is 1. The number of nitrogens with zero attached hydrogens (tertiary/aromatic N) is 1. The fourth-order valence-electron chi connectivity index (χ4n) is 3.49. The Kier molecular flexibility index (Phi) is 9.26. The number of carbonyl (C=O) groups is 1. The van der Waals surface area contributed by atoms with Gasteiger partial charge in [0.25, 0.3) is 5.91 Å². The predicted molar refractivity (Wildman–Crippen MR) is 134 cm³/mol. The molecule has 3 aromatic carbocycles. The third kappa shape index (κ3) is 6.66. The predicted octanol–water partition coefficient (Wildman–Crippen LogP) is 5.32. The van der Waals surface area contributed by atoms with Gasteiger partial charge in [0.05, 0.1) is 26.3 Å². The quantitative estimate of drug-likeness (QED) is 0.196. The molecule has 1 amide bonds. The third-order valence-electron chi connectivity index (χ3n) is 5.29. The van der Waals surface area contributed by atoms with Crippen LogP contribution in [-0.4, -0.2) is 37.0 Å². The van der Waals surface area contributed by atoms with Crippen molar-refractivity contribution in [2.75, 3.05) is 20.8 Å². The van der Waals surface area contributed by atoms with Crippen LogP contribution in [0.4, 0.5) is 8.78 Å². The first-order valence-corrected chi connectivity index (χ1v) is 11.4. The molecule has 0 aliphatic rings. The van der Waals surface area contributed by atoms with E-state index >= 15 is 8.78 Å². The Bertz CT molecular complexity index is 1250. The van der Waals surface area contributed by atoms with Crippen molar-refractivity contribution >= 4 is 23.5 Å². The first-order valence-electron chi connectivity index (χ1n) is 11.1. The summed E-state index contributed by atoms with van der Waals surface area (Å²) >= 11 is 6.19. The summed E-state index contributed by atoms with van der Waals surface area (Å²) in [4.78, 5) is 13.0. The number of carbonyl (C=O) groups excluding carboxylic acids is 1. The Balaban J connectivity index is 1.83. The van der Waals surface area contributed by atoms with E-state index in [-0.39, 0.29) is 30.5 Å². The minimum atomic E-state index is -1.63. The Morgan fingerprint density at radius 2 is 1.62 bits per heavy atom. The molecular formula is C26H26ClF2N3O5. The summed E-state index contributed by atoms with van der Waals surface area (Å²) in [6.45, 7) is 1.51. The summed E-state index contributed by atoms with van der Waals surface area (Å²) < 4.78 is 52.4. The van der Waals surface area contributed by atoms with E-state index in [1.54, 1.807) is 43.3 Å². The highest BCUT2D eigenvalue weighted by Crippen LogP contribution is 2.35. The maximum atomic E-state index is 15.1. The monoisotopic (exact) mass is 533 g/mol. The Labute approximate surface area is 218 Å². The third-order valence-corrected chi connectivity index (χ3v) is 5.57. The fraction of sp³-hybridized carbons (Fsp3) is 0.231. The SMILES string of the molecule is CCOC(C(=O)N(Cl)Cc1ccc(C(=N)N)cc1)c1c(F)cc(Oc2ccc(OC)c(OC)c2)cc1F. The molecule has 0 saturated carbocycles. The van der Waals surface area contributed by atoms with Crippen LogP contribution in [0, 0.1) is 17.0 Å². The summed E-state index contributed by atoms with van der Waals surface area (Å²) in [7, 11) is 2.92. The van der Waals surface area contributed by atoms with Gasteiger partial charge in [-0.15, -0.1) is 0 Å². The molecule has 37 heavy (non-hydrogen) atoms. The van der Waals surface area contributed by atoms with E-state index in [0.717, 1.165) is 16.6 Å². The van der Waals surface area contributed by atoms with Crippen molar-refractivity contribution in [3.05, 3.63) is 82.9 Å². The number of amides is 1. The Morgan fingerprint density at radius 1 is 1.00 bits per heavy atom. The minimum absolute atomic E-state index is 0.00276. The van der Waals surface area contributed by atoms with Crippen molar-refractivity contribution in [2.24, 2.45) is 5.73 Å². The van der Waals surface area contributed by atoms with Gasteiger partial charge in [0, 0.05) is 42.1 Å². The Morgan fingerprint density at radius 3 is 2.16 bits per heavy atom. The molecule has 0 radical (unpaired) electrons. The first kappa shape index (κ1) is 27.7. The van der Waals surface area contributed by atoms with Gasteiger partial charge in [-0.1, -0.05) is 24.3 Å². The normalized spacial score (nSPS) is 11.5. The highest BCUT2D eigenvalue weighted by molar-refractivity contribution is 6.21. The van der Waals surface area contributed by atoms with Gasteiger partial charge in [-0.25, -0.2) is 13.2 Å². The zero-order valence-corrected chi connectivity index (χ0v) is 21.1. The molecule has 0 heterocycles.